The second-order valence-corrected chi connectivity index (χ2v) is 3.94. The molecular weight excluding hydrogens is 164 g/mol. The van der Waals surface area contributed by atoms with Crippen molar-refractivity contribution >= 4 is 0 Å². The highest BCUT2D eigenvalue weighted by atomic mass is 16.3. The molecule has 0 radical (unpaired) electrons. The van der Waals surface area contributed by atoms with Crippen LogP contribution >= 0.6 is 0 Å². The van der Waals surface area contributed by atoms with Crippen LogP contribution in [0.2, 0.25) is 0 Å². The van der Waals surface area contributed by atoms with Crippen LogP contribution in [0, 0.1) is 11.3 Å². The van der Waals surface area contributed by atoms with Gasteiger partial charge in [-0.3, -0.25) is 4.90 Å². The van der Waals surface area contributed by atoms with Gasteiger partial charge in [-0.1, -0.05) is 0 Å². The third kappa shape index (κ3) is 2.43. The van der Waals surface area contributed by atoms with Crippen LogP contribution in [0.1, 0.15) is 32.6 Å². The van der Waals surface area contributed by atoms with Crippen LogP contribution in [-0.4, -0.2) is 35.2 Å². The van der Waals surface area contributed by atoms with Crippen molar-refractivity contribution in [3.05, 3.63) is 0 Å². The second-order valence-electron chi connectivity index (χ2n) is 3.94. The fraction of sp³-hybridized carbons (Fsp3) is 0.900. The van der Waals surface area contributed by atoms with Crippen molar-refractivity contribution in [1.82, 2.24) is 4.90 Å². The Kier molecular flexibility index (Phi) is 3.71. The number of aliphatic hydroxyl groups is 1. The van der Waals surface area contributed by atoms with E-state index in [1.165, 1.54) is 0 Å². The molecule has 3 atom stereocenters. The Bertz CT molecular complexity index is 200. The van der Waals surface area contributed by atoms with Gasteiger partial charge in [0.2, 0.25) is 0 Å². The van der Waals surface area contributed by atoms with Crippen molar-refractivity contribution < 1.29 is 5.11 Å². The molecule has 0 aromatic heterocycles. The molecule has 0 saturated heterocycles. The van der Waals surface area contributed by atoms with Gasteiger partial charge in [-0.2, -0.15) is 5.26 Å². The zero-order valence-corrected chi connectivity index (χ0v) is 8.40. The summed E-state index contributed by atoms with van der Waals surface area (Å²) in [5, 5.41) is 18.2. The lowest BCUT2D eigenvalue weighted by Gasteiger charge is -2.31. The van der Waals surface area contributed by atoms with Crippen LogP contribution in [-0.2, 0) is 0 Å². The molecule has 1 aliphatic carbocycles. The highest BCUT2D eigenvalue weighted by molar-refractivity contribution is 4.88. The fourth-order valence-electron chi connectivity index (χ4n) is 2.00. The standard InChI is InChI=1S/C10H18N2O/c1-8(6-7-11)12(2)9-4-3-5-10(9)13/h8-10,13H,3-6H2,1-2H3. The molecule has 0 heterocycles. The van der Waals surface area contributed by atoms with Gasteiger partial charge in [-0.15, -0.1) is 0 Å². The quantitative estimate of drug-likeness (QED) is 0.712. The molecule has 3 unspecified atom stereocenters. The third-order valence-electron chi connectivity index (χ3n) is 3.05. The minimum atomic E-state index is -0.189. The van der Waals surface area contributed by atoms with Gasteiger partial charge in [0, 0.05) is 12.1 Å². The third-order valence-corrected chi connectivity index (χ3v) is 3.05. The summed E-state index contributed by atoms with van der Waals surface area (Å²) in [4.78, 5) is 2.14. The molecule has 1 saturated carbocycles. The lowest BCUT2D eigenvalue weighted by Crippen LogP contribution is -2.42. The number of likely N-dealkylation sites (N-methyl/N-ethyl adjacent to an activating group) is 1. The van der Waals surface area contributed by atoms with E-state index in [1.54, 1.807) is 0 Å². The van der Waals surface area contributed by atoms with Crippen molar-refractivity contribution in [2.24, 2.45) is 0 Å². The van der Waals surface area contributed by atoms with Crippen LogP contribution in [0.25, 0.3) is 0 Å². The molecule has 0 aromatic rings. The summed E-state index contributed by atoms with van der Waals surface area (Å²) in [6, 6.07) is 2.68. The first-order valence-electron chi connectivity index (χ1n) is 4.93. The molecule has 13 heavy (non-hydrogen) atoms. The minimum Gasteiger partial charge on any atom is -0.391 e. The molecule has 0 bridgehead atoms. The van der Waals surface area contributed by atoms with Crippen LogP contribution in [0.15, 0.2) is 0 Å². The van der Waals surface area contributed by atoms with E-state index >= 15 is 0 Å². The molecule has 1 N–H and O–H groups in total. The molecule has 1 fully saturated rings. The predicted octanol–water partition coefficient (Wildman–Crippen LogP) is 1.13. The van der Waals surface area contributed by atoms with Gasteiger partial charge in [-0.25, -0.2) is 0 Å². The summed E-state index contributed by atoms with van der Waals surface area (Å²) in [6.07, 6.45) is 3.43. The predicted molar refractivity (Wildman–Crippen MR) is 51.1 cm³/mol. The zero-order valence-electron chi connectivity index (χ0n) is 8.40. The highest BCUT2D eigenvalue weighted by Crippen LogP contribution is 2.24. The molecule has 0 aromatic carbocycles. The normalized spacial score (nSPS) is 30.4. The zero-order chi connectivity index (χ0) is 9.84. The van der Waals surface area contributed by atoms with E-state index in [4.69, 9.17) is 5.26 Å². The number of rotatable bonds is 3. The molecule has 3 nitrogen and oxygen atoms in total. The number of nitrogens with zero attached hydrogens (tertiary/aromatic N) is 2. The lowest BCUT2D eigenvalue weighted by atomic mass is 10.1. The lowest BCUT2D eigenvalue weighted by molar-refractivity contribution is 0.0667. The summed E-state index contributed by atoms with van der Waals surface area (Å²) in [6.45, 7) is 2.04. The van der Waals surface area contributed by atoms with Gasteiger partial charge in [0.15, 0.2) is 0 Å². The van der Waals surface area contributed by atoms with E-state index < -0.39 is 0 Å². The number of aliphatic hydroxyl groups excluding tert-OH is 1. The Labute approximate surface area is 80.0 Å². The topological polar surface area (TPSA) is 47.3 Å². The van der Waals surface area contributed by atoms with E-state index in [1.807, 2.05) is 14.0 Å². The van der Waals surface area contributed by atoms with Crippen LogP contribution in [0.5, 0.6) is 0 Å². The van der Waals surface area contributed by atoms with Crippen molar-refractivity contribution in [1.29, 1.82) is 5.26 Å². The Morgan fingerprint density at radius 2 is 2.31 bits per heavy atom. The Balaban J connectivity index is 2.46. The van der Waals surface area contributed by atoms with E-state index in [9.17, 15) is 5.11 Å². The maximum absolute atomic E-state index is 9.65. The minimum absolute atomic E-state index is 0.189. The van der Waals surface area contributed by atoms with Crippen molar-refractivity contribution in [2.75, 3.05) is 7.05 Å². The van der Waals surface area contributed by atoms with E-state index in [2.05, 4.69) is 11.0 Å². The maximum Gasteiger partial charge on any atom is 0.0695 e. The molecule has 0 amide bonds. The van der Waals surface area contributed by atoms with Crippen molar-refractivity contribution in [2.45, 2.75) is 50.8 Å². The van der Waals surface area contributed by atoms with Crippen LogP contribution in [0.3, 0.4) is 0 Å². The van der Waals surface area contributed by atoms with Crippen molar-refractivity contribution in [3.8, 4) is 6.07 Å². The van der Waals surface area contributed by atoms with Gasteiger partial charge in [0.05, 0.1) is 18.6 Å². The van der Waals surface area contributed by atoms with Gasteiger partial charge in [0.25, 0.3) is 0 Å². The summed E-state index contributed by atoms with van der Waals surface area (Å²) in [5.41, 5.74) is 0. The van der Waals surface area contributed by atoms with Crippen LogP contribution in [0.4, 0.5) is 0 Å². The molecular formula is C10H18N2O. The fourth-order valence-corrected chi connectivity index (χ4v) is 2.00. The van der Waals surface area contributed by atoms with Gasteiger partial charge < -0.3 is 5.11 Å². The molecule has 0 aliphatic heterocycles. The smallest absolute Gasteiger partial charge is 0.0695 e. The second kappa shape index (κ2) is 4.59. The number of hydrogen-bond donors (Lipinski definition) is 1. The molecule has 1 rings (SSSR count). The highest BCUT2D eigenvalue weighted by Gasteiger charge is 2.30. The van der Waals surface area contributed by atoms with Gasteiger partial charge in [0.1, 0.15) is 0 Å². The summed E-state index contributed by atoms with van der Waals surface area (Å²) < 4.78 is 0. The van der Waals surface area contributed by atoms with E-state index in [-0.39, 0.29) is 18.2 Å². The molecule has 74 valence electrons. The Hall–Kier alpha value is -0.590. The van der Waals surface area contributed by atoms with E-state index in [0.29, 0.717) is 6.42 Å². The molecule has 3 heteroatoms. The van der Waals surface area contributed by atoms with Gasteiger partial charge >= 0.3 is 0 Å². The Morgan fingerprint density at radius 1 is 1.62 bits per heavy atom. The molecule has 1 aliphatic rings. The SMILES string of the molecule is CC(CC#N)N(C)C1CCCC1O. The van der Waals surface area contributed by atoms with Crippen LogP contribution < -0.4 is 0 Å². The summed E-state index contributed by atoms with van der Waals surface area (Å²) in [5.74, 6) is 0. The van der Waals surface area contributed by atoms with Crippen molar-refractivity contribution in [3.63, 3.8) is 0 Å². The maximum atomic E-state index is 9.65. The number of nitriles is 1. The average Bonchev–Trinajstić information content (AvgIpc) is 2.50. The first-order valence-corrected chi connectivity index (χ1v) is 4.93. The largest absolute Gasteiger partial charge is 0.391 e. The monoisotopic (exact) mass is 182 g/mol. The number of hydrogen-bond acceptors (Lipinski definition) is 3. The summed E-state index contributed by atoms with van der Waals surface area (Å²) in [7, 11) is 2.00. The van der Waals surface area contributed by atoms with E-state index in [0.717, 1.165) is 19.3 Å². The Morgan fingerprint density at radius 3 is 2.77 bits per heavy atom. The first kappa shape index (κ1) is 10.5. The summed E-state index contributed by atoms with van der Waals surface area (Å²) >= 11 is 0. The average molecular weight is 182 g/mol. The molecule has 0 spiro atoms. The first-order chi connectivity index (χ1) is 6.16. The van der Waals surface area contributed by atoms with Gasteiger partial charge in [-0.05, 0) is 33.2 Å².